The molecule has 1 heterocycles. The number of likely N-dealkylation sites (N-methyl/N-ethyl adjacent to an activating group) is 1. The van der Waals surface area contributed by atoms with Crippen molar-refractivity contribution in [1.82, 2.24) is 4.90 Å². The summed E-state index contributed by atoms with van der Waals surface area (Å²) in [6, 6.07) is 6.77. The van der Waals surface area contributed by atoms with E-state index in [4.69, 9.17) is 9.47 Å². The Morgan fingerprint density at radius 3 is 2.76 bits per heavy atom. The molecule has 0 N–H and O–H groups in total. The average molecular weight is 367 g/mol. The van der Waals surface area contributed by atoms with E-state index in [0.717, 1.165) is 5.56 Å². The Hall–Kier alpha value is -2.35. The van der Waals surface area contributed by atoms with Crippen LogP contribution in [0.2, 0.25) is 0 Å². The van der Waals surface area contributed by atoms with Crippen LogP contribution in [0.3, 0.4) is 0 Å². The zero-order chi connectivity index (χ0) is 18.4. The molecule has 0 aromatic heterocycles. The number of ether oxygens (including phenoxy) is 2. The van der Waals surface area contributed by atoms with Crippen molar-refractivity contribution in [2.75, 3.05) is 32.3 Å². The van der Waals surface area contributed by atoms with Crippen molar-refractivity contribution >= 4 is 27.8 Å². The molecule has 0 saturated carbocycles. The van der Waals surface area contributed by atoms with Gasteiger partial charge in [0.1, 0.15) is 5.75 Å². The summed E-state index contributed by atoms with van der Waals surface area (Å²) >= 11 is 0. The molecular formula is C17H21NO6S. The first-order chi connectivity index (χ1) is 11.8. The van der Waals surface area contributed by atoms with Crippen molar-refractivity contribution in [2.45, 2.75) is 12.5 Å². The predicted octanol–water partition coefficient (Wildman–Crippen LogP) is 0.897. The molecule has 8 heteroatoms. The Morgan fingerprint density at radius 1 is 1.36 bits per heavy atom. The standard InChI is InChI=1S/C17H21NO6S/c1-18(14-8-9-25(21,22)12-14)16(19)11-24-17(20)7-6-13-4-3-5-15(10-13)23-2/h3-7,10,14H,8-9,11-12H2,1-2H3/b7-6+/t14-/m1/s1. The van der Waals surface area contributed by atoms with Crippen LogP contribution in [0, 0.1) is 0 Å². The third-order valence-electron chi connectivity index (χ3n) is 3.99. The molecule has 1 amide bonds. The Morgan fingerprint density at radius 2 is 2.12 bits per heavy atom. The van der Waals surface area contributed by atoms with Crippen molar-refractivity contribution in [3.05, 3.63) is 35.9 Å². The lowest BCUT2D eigenvalue weighted by Crippen LogP contribution is -2.40. The smallest absolute Gasteiger partial charge is 0.331 e. The third-order valence-corrected chi connectivity index (χ3v) is 5.74. The minimum Gasteiger partial charge on any atom is -0.497 e. The van der Waals surface area contributed by atoms with Gasteiger partial charge in [0.2, 0.25) is 0 Å². The van der Waals surface area contributed by atoms with Gasteiger partial charge in [-0.15, -0.1) is 0 Å². The van der Waals surface area contributed by atoms with Crippen LogP contribution < -0.4 is 4.74 Å². The number of carbonyl (C=O) groups is 2. The van der Waals surface area contributed by atoms with Gasteiger partial charge in [0.15, 0.2) is 16.4 Å². The van der Waals surface area contributed by atoms with Gasteiger partial charge in [0.25, 0.3) is 5.91 Å². The van der Waals surface area contributed by atoms with Gasteiger partial charge in [-0.3, -0.25) is 4.79 Å². The second-order valence-electron chi connectivity index (χ2n) is 5.78. The molecule has 136 valence electrons. The highest BCUT2D eigenvalue weighted by Gasteiger charge is 2.32. The largest absolute Gasteiger partial charge is 0.497 e. The number of benzene rings is 1. The second kappa shape index (κ2) is 8.15. The Labute approximate surface area is 147 Å². The van der Waals surface area contributed by atoms with Gasteiger partial charge >= 0.3 is 5.97 Å². The van der Waals surface area contributed by atoms with Crippen molar-refractivity contribution in [2.24, 2.45) is 0 Å². The van der Waals surface area contributed by atoms with E-state index < -0.39 is 28.3 Å². The van der Waals surface area contributed by atoms with Crippen LogP contribution in [0.4, 0.5) is 0 Å². The van der Waals surface area contributed by atoms with E-state index in [1.807, 2.05) is 0 Å². The van der Waals surface area contributed by atoms with E-state index in [1.54, 1.807) is 37.5 Å². The molecule has 1 aromatic carbocycles. The summed E-state index contributed by atoms with van der Waals surface area (Å²) in [5, 5.41) is 0. The lowest BCUT2D eigenvalue weighted by Gasteiger charge is -2.22. The Bertz CT molecular complexity index is 771. The van der Waals surface area contributed by atoms with Gasteiger partial charge in [-0.1, -0.05) is 12.1 Å². The number of hydrogen-bond donors (Lipinski definition) is 0. The van der Waals surface area contributed by atoms with Gasteiger partial charge in [-0.25, -0.2) is 13.2 Å². The van der Waals surface area contributed by atoms with Gasteiger partial charge in [-0.05, 0) is 30.2 Å². The number of sulfone groups is 1. The zero-order valence-corrected chi connectivity index (χ0v) is 15.0. The summed E-state index contributed by atoms with van der Waals surface area (Å²) in [5.41, 5.74) is 0.760. The fraction of sp³-hybridized carbons (Fsp3) is 0.412. The molecule has 1 aliphatic rings. The van der Waals surface area contributed by atoms with E-state index in [9.17, 15) is 18.0 Å². The number of amides is 1. The molecule has 0 bridgehead atoms. The maximum Gasteiger partial charge on any atom is 0.331 e. The molecule has 0 aliphatic carbocycles. The monoisotopic (exact) mass is 367 g/mol. The average Bonchev–Trinajstić information content (AvgIpc) is 2.97. The summed E-state index contributed by atoms with van der Waals surface area (Å²) < 4.78 is 32.9. The topological polar surface area (TPSA) is 90.0 Å². The van der Waals surface area contributed by atoms with Gasteiger partial charge in [0.05, 0.1) is 18.6 Å². The van der Waals surface area contributed by atoms with Crippen LogP contribution in [-0.4, -0.2) is 63.5 Å². The number of esters is 1. The van der Waals surface area contributed by atoms with Crippen LogP contribution in [0.15, 0.2) is 30.3 Å². The van der Waals surface area contributed by atoms with E-state index in [0.29, 0.717) is 12.2 Å². The predicted molar refractivity (Wildman–Crippen MR) is 92.8 cm³/mol. The molecule has 1 fully saturated rings. The minimum atomic E-state index is -3.07. The van der Waals surface area contributed by atoms with Crippen LogP contribution in [-0.2, 0) is 24.2 Å². The lowest BCUT2D eigenvalue weighted by atomic mass is 10.2. The minimum absolute atomic E-state index is 0.0427. The van der Waals surface area contributed by atoms with E-state index >= 15 is 0 Å². The lowest BCUT2D eigenvalue weighted by molar-refractivity contribution is -0.148. The number of nitrogens with zero attached hydrogens (tertiary/aromatic N) is 1. The SMILES string of the molecule is COc1cccc(/C=C/C(=O)OCC(=O)N(C)[C@@H]2CCS(=O)(=O)C2)c1. The Balaban J connectivity index is 1.82. The first kappa shape index (κ1) is 19.0. The normalized spacial score (nSPS) is 18.9. The molecule has 25 heavy (non-hydrogen) atoms. The quantitative estimate of drug-likeness (QED) is 0.548. The highest BCUT2D eigenvalue weighted by molar-refractivity contribution is 7.91. The first-order valence-electron chi connectivity index (χ1n) is 7.76. The van der Waals surface area contributed by atoms with Gasteiger partial charge in [0, 0.05) is 19.2 Å². The molecule has 2 rings (SSSR count). The molecule has 0 unspecified atom stereocenters. The fourth-order valence-corrected chi connectivity index (χ4v) is 4.25. The van der Waals surface area contributed by atoms with Crippen LogP contribution in [0.5, 0.6) is 5.75 Å². The van der Waals surface area contributed by atoms with Crippen molar-refractivity contribution in [3.63, 3.8) is 0 Å². The molecular weight excluding hydrogens is 346 g/mol. The molecule has 0 radical (unpaired) electrons. The molecule has 1 aliphatic heterocycles. The van der Waals surface area contributed by atoms with E-state index in [2.05, 4.69) is 0 Å². The Kier molecular flexibility index (Phi) is 6.19. The van der Waals surface area contributed by atoms with Gasteiger partial charge in [-0.2, -0.15) is 0 Å². The fourth-order valence-electron chi connectivity index (χ4n) is 2.48. The zero-order valence-electron chi connectivity index (χ0n) is 14.2. The highest BCUT2D eigenvalue weighted by atomic mass is 32.2. The summed E-state index contributed by atoms with van der Waals surface area (Å²) in [4.78, 5) is 25.1. The van der Waals surface area contributed by atoms with Crippen LogP contribution in [0.25, 0.3) is 6.08 Å². The first-order valence-corrected chi connectivity index (χ1v) is 9.58. The molecule has 7 nitrogen and oxygen atoms in total. The van der Waals surface area contributed by atoms with Crippen LogP contribution >= 0.6 is 0 Å². The second-order valence-corrected chi connectivity index (χ2v) is 8.01. The molecule has 1 aromatic rings. The summed E-state index contributed by atoms with van der Waals surface area (Å²) in [7, 11) is -0.00140. The highest BCUT2D eigenvalue weighted by Crippen LogP contribution is 2.16. The number of methoxy groups -OCH3 is 1. The molecule has 0 spiro atoms. The number of rotatable bonds is 6. The van der Waals surface area contributed by atoms with Crippen LogP contribution in [0.1, 0.15) is 12.0 Å². The maximum atomic E-state index is 12.0. The molecule has 1 saturated heterocycles. The summed E-state index contributed by atoms with van der Waals surface area (Å²) in [5.74, 6) is -0.371. The number of hydrogen-bond acceptors (Lipinski definition) is 6. The summed E-state index contributed by atoms with van der Waals surface area (Å²) in [6.45, 7) is -0.422. The van der Waals surface area contributed by atoms with Crippen molar-refractivity contribution in [3.8, 4) is 5.75 Å². The number of carbonyl (C=O) groups excluding carboxylic acids is 2. The van der Waals surface area contributed by atoms with E-state index in [-0.39, 0.29) is 17.5 Å². The van der Waals surface area contributed by atoms with E-state index in [1.165, 1.54) is 18.0 Å². The van der Waals surface area contributed by atoms with Crippen molar-refractivity contribution in [1.29, 1.82) is 0 Å². The maximum absolute atomic E-state index is 12.0. The van der Waals surface area contributed by atoms with Gasteiger partial charge < -0.3 is 14.4 Å². The third kappa shape index (κ3) is 5.60. The summed E-state index contributed by atoms with van der Waals surface area (Å²) in [6.07, 6.45) is 3.19. The van der Waals surface area contributed by atoms with Crippen molar-refractivity contribution < 1.29 is 27.5 Å². The molecule has 1 atom stereocenters.